The Kier molecular flexibility index (Phi) is 3.00. The molecule has 4 N–H and O–H groups in total. The van der Waals surface area contributed by atoms with Crippen LogP contribution in [-0.2, 0) is 6.54 Å². The molecule has 2 aromatic rings. The lowest BCUT2D eigenvalue weighted by atomic mass is 10.2. The molecule has 0 atom stereocenters. The molecular formula is C10H16N6. The number of aromatic amines is 1. The Morgan fingerprint density at radius 2 is 2.25 bits per heavy atom. The molecule has 0 bridgehead atoms. The van der Waals surface area contributed by atoms with Crippen LogP contribution >= 0.6 is 0 Å². The predicted octanol–water partition coefficient (Wildman–Crippen LogP) is 0.681. The van der Waals surface area contributed by atoms with Crippen molar-refractivity contribution >= 4 is 17.0 Å². The van der Waals surface area contributed by atoms with Crippen molar-refractivity contribution in [1.29, 1.82) is 0 Å². The lowest BCUT2D eigenvalue weighted by Crippen LogP contribution is -2.19. The van der Waals surface area contributed by atoms with Crippen LogP contribution in [-0.4, -0.2) is 26.5 Å². The molecule has 0 radical (unpaired) electrons. The van der Waals surface area contributed by atoms with E-state index in [4.69, 9.17) is 5.73 Å². The minimum absolute atomic E-state index is 0.438. The monoisotopic (exact) mass is 220 g/mol. The third kappa shape index (κ3) is 2.27. The van der Waals surface area contributed by atoms with Gasteiger partial charge in [0, 0.05) is 0 Å². The molecule has 6 heteroatoms. The molecule has 0 fully saturated rings. The average molecular weight is 220 g/mol. The lowest BCUT2D eigenvalue weighted by Gasteiger charge is -2.04. The predicted molar refractivity (Wildman–Crippen MR) is 62.6 cm³/mol. The summed E-state index contributed by atoms with van der Waals surface area (Å²) in [7, 11) is 0. The van der Waals surface area contributed by atoms with Crippen LogP contribution in [0.15, 0.2) is 6.33 Å². The van der Waals surface area contributed by atoms with Crippen molar-refractivity contribution in [2.24, 2.45) is 5.92 Å². The molecule has 16 heavy (non-hydrogen) atoms. The van der Waals surface area contributed by atoms with E-state index in [-0.39, 0.29) is 0 Å². The van der Waals surface area contributed by atoms with Gasteiger partial charge in [-0.3, -0.25) is 0 Å². The highest BCUT2D eigenvalue weighted by molar-refractivity contribution is 5.80. The van der Waals surface area contributed by atoms with E-state index in [0.29, 0.717) is 29.4 Å². The van der Waals surface area contributed by atoms with E-state index in [1.54, 1.807) is 0 Å². The zero-order chi connectivity index (χ0) is 11.5. The van der Waals surface area contributed by atoms with E-state index in [2.05, 4.69) is 39.1 Å². The molecule has 0 aliphatic carbocycles. The number of H-pyrrole nitrogens is 1. The maximum absolute atomic E-state index is 5.70. The summed E-state index contributed by atoms with van der Waals surface area (Å²) < 4.78 is 0. The average Bonchev–Trinajstić information content (AvgIpc) is 2.61. The lowest BCUT2D eigenvalue weighted by molar-refractivity contribution is 0.545. The van der Waals surface area contributed by atoms with Crippen molar-refractivity contribution in [3.8, 4) is 0 Å². The Labute approximate surface area is 93.7 Å². The zero-order valence-corrected chi connectivity index (χ0v) is 9.49. The summed E-state index contributed by atoms with van der Waals surface area (Å²) in [5.41, 5.74) is 7.03. The molecule has 0 aliphatic heterocycles. The molecule has 86 valence electrons. The van der Waals surface area contributed by atoms with Gasteiger partial charge in [-0.25, -0.2) is 15.0 Å². The number of nitrogens with zero attached hydrogens (tertiary/aromatic N) is 3. The second kappa shape index (κ2) is 4.44. The van der Waals surface area contributed by atoms with Gasteiger partial charge in [0.2, 0.25) is 0 Å². The van der Waals surface area contributed by atoms with Crippen LogP contribution in [0.4, 0.5) is 5.82 Å². The summed E-state index contributed by atoms with van der Waals surface area (Å²) in [4.78, 5) is 15.4. The molecule has 0 spiro atoms. The topological polar surface area (TPSA) is 92.5 Å². The number of fused-ring (bicyclic) bond motifs is 1. The van der Waals surface area contributed by atoms with E-state index < -0.39 is 0 Å². The van der Waals surface area contributed by atoms with Crippen LogP contribution in [0.3, 0.4) is 0 Å². The molecule has 0 unspecified atom stereocenters. The summed E-state index contributed by atoms with van der Waals surface area (Å²) in [6, 6.07) is 0. The number of anilines is 1. The van der Waals surface area contributed by atoms with E-state index in [0.717, 1.165) is 12.4 Å². The Hall–Kier alpha value is -1.69. The van der Waals surface area contributed by atoms with Gasteiger partial charge in [0.25, 0.3) is 0 Å². The Morgan fingerprint density at radius 3 is 2.94 bits per heavy atom. The summed E-state index contributed by atoms with van der Waals surface area (Å²) in [6.07, 6.45) is 1.42. The second-order valence-electron chi connectivity index (χ2n) is 4.17. The molecule has 0 saturated carbocycles. The van der Waals surface area contributed by atoms with Crippen LogP contribution in [0.1, 0.15) is 19.7 Å². The van der Waals surface area contributed by atoms with Gasteiger partial charge in [-0.05, 0) is 12.5 Å². The summed E-state index contributed by atoms with van der Waals surface area (Å²) in [5, 5.41) is 3.30. The number of nitrogens with two attached hydrogens (primary N) is 1. The first-order chi connectivity index (χ1) is 7.66. The third-order valence-corrected chi connectivity index (χ3v) is 2.21. The number of nitrogen functional groups attached to an aromatic ring is 1. The van der Waals surface area contributed by atoms with Crippen LogP contribution < -0.4 is 11.1 Å². The highest BCUT2D eigenvalue weighted by Crippen LogP contribution is 2.12. The number of nitrogens with one attached hydrogen (secondary N) is 2. The number of hydrogen-bond acceptors (Lipinski definition) is 5. The highest BCUT2D eigenvalue weighted by Gasteiger charge is 2.06. The van der Waals surface area contributed by atoms with Crippen LogP contribution in [0, 0.1) is 5.92 Å². The number of aromatic nitrogens is 4. The molecule has 0 aromatic carbocycles. The number of hydrogen-bond donors (Lipinski definition) is 3. The van der Waals surface area contributed by atoms with Gasteiger partial charge in [-0.1, -0.05) is 13.8 Å². The van der Waals surface area contributed by atoms with Gasteiger partial charge in [0.1, 0.15) is 17.7 Å². The van der Waals surface area contributed by atoms with Gasteiger partial charge in [0.05, 0.1) is 6.54 Å². The van der Waals surface area contributed by atoms with Crippen molar-refractivity contribution in [3.63, 3.8) is 0 Å². The van der Waals surface area contributed by atoms with E-state index in [1.165, 1.54) is 6.33 Å². The smallest absolute Gasteiger partial charge is 0.183 e. The van der Waals surface area contributed by atoms with Crippen LogP contribution in [0.2, 0.25) is 0 Å². The standard InChI is InChI=1S/C10H16N6/c1-6(2)3-12-4-7-15-8-9(11)13-5-14-10(8)16-7/h5-6,12H,3-4H2,1-2H3,(H3,11,13,14,15,16). The fourth-order valence-electron chi connectivity index (χ4n) is 1.46. The van der Waals surface area contributed by atoms with Gasteiger partial charge in [-0.15, -0.1) is 0 Å². The van der Waals surface area contributed by atoms with Gasteiger partial charge in [-0.2, -0.15) is 0 Å². The minimum Gasteiger partial charge on any atom is -0.382 e. The molecular weight excluding hydrogens is 204 g/mol. The van der Waals surface area contributed by atoms with Crippen LogP contribution in [0.5, 0.6) is 0 Å². The quantitative estimate of drug-likeness (QED) is 0.704. The maximum atomic E-state index is 5.70. The number of rotatable bonds is 4. The molecule has 2 heterocycles. The first-order valence-corrected chi connectivity index (χ1v) is 5.32. The van der Waals surface area contributed by atoms with Crippen molar-refractivity contribution in [2.75, 3.05) is 12.3 Å². The van der Waals surface area contributed by atoms with Gasteiger partial charge < -0.3 is 16.0 Å². The number of imidazole rings is 1. The van der Waals surface area contributed by atoms with Crippen molar-refractivity contribution < 1.29 is 0 Å². The first-order valence-electron chi connectivity index (χ1n) is 5.32. The Morgan fingerprint density at radius 1 is 1.44 bits per heavy atom. The van der Waals surface area contributed by atoms with E-state index in [9.17, 15) is 0 Å². The molecule has 2 rings (SSSR count). The van der Waals surface area contributed by atoms with Crippen molar-refractivity contribution in [2.45, 2.75) is 20.4 Å². The molecule has 0 saturated heterocycles. The summed E-state index contributed by atoms with van der Waals surface area (Å²) in [5.74, 6) is 1.89. The summed E-state index contributed by atoms with van der Waals surface area (Å²) >= 11 is 0. The largest absolute Gasteiger partial charge is 0.382 e. The zero-order valence-electron chi connectivity index (χ0n) is 9.49. The Bertz CT molecular complexity index is 475. The maximum Gasteiger partial charge on any atom is 0.183 e. The van der Waals surface area contributed by atoms with Crippen molar-refractivity contribution in [1.82, 2.24) is 25.3 Å². The SMILES string of the molecule is CC(C)CNCc1nc2ncnc(N)c2[nH]1. The Balaban J connectivity index is 2.11. The molecule has 2 aromatic heterocycles. The summed E-state index contributed by atoms with van der Waals surface area (Å²) in [6.45, 7) is 5.97. The normalized spacial score (nSPS) is 11.4. The minimum atomic E-state index is 0.438. The molecule has 6 nitrogen and oxygen atoms in total. The molecule has 0 amide bonds. The fraction of sp³-hybridized carbons (Fsp3) is 0.500. The highest BCUT2D eigenvalue weighted by atomic mass is 15.1. The first kappa shape index (κ1) is 10.8. The van der Waals surface area contributed by atoms with Gasteiger partial charge >= 0.3 is 0 Å². The van der Waals surface area contributed by atoms with Crippen LogP contribution in [0.25, 0.3) is 11.2 Å². The van der Waals surface area contributed by atoms with E-state index >= 15 is 0 Å². The second-order valence-corrected chi connectivity index (χ2v) is 4.17. The van der Waals surface area contributed by atoms with Crippen molar-refractivity contribution in [3.05, 3.63) is 12.2 Å². The fourth-order valence-corrected chi connectivity index (χ4v) is 1.46. The van der Waals surface area contributed by atoms with Gasteiger partial charge in [0.15, 0.2) is 11.5 Å². The molecule has 0 aliphatic rings. The van der Waals surface area contributed by atoms with E-state index in [1.807, 2.05) is 0 Å². The third-order valence-electron chi connectivity index (χ3n) is 2.21.